The lowest BCUT2D eigenvalue weighted by molar-refractivity contribution is 0.300. The molecule has 0 spiro atoms. The molecule has 0 aliphatic carbocycles. The molecule has 1 aromatic rings. The Morgan fingerprint density at radius 2 is 1.89 bits per heavy atom. The summed E-state index contributed by atoms with van der Waals surface area (Å²) in [5, 5.41) is 7.15. The SMILES string of the molecule is CC(C)(C)c1ccccc1OCCCCC(=N)N. The molecule has 100 valence electrons. The molecule has 0 saturated carbocycles. The third-order valence-corrected chi connectivity index (χ3v) is 2.79. The van der Waals surface area contributed by atoms with E-state index < -0.39 is 0 Å². The lowest BCUT2D eigenvalue weighted by Crippen LogP contribution is -2.14. The summed E-state index contributed by atoms with van der Waals surface area (Å²) in [7, 11) is 0. The zero-order chi connectivity index (χ0) is 13.6. The van der Waals surface area contributed by atoms with Gasteiger partial charge in [0.15, 0.2) is 0 Å². The minimum atomic E-state index is 0.0932. The van der Waals surface area contributed by atoms with E-state index in [2.05, 4.69) is 26.8 Å². The maximum absolute atomic E-state index is 7.15. The van der Waals surface area contributed by atoms with Gasteiger partial charge in [-0.2, -0.15) is 0 Å². The first-order chi connectivity index (χ1) is 8.41. The van der Waals surface area contributed by atoms with E-state index >= 15 is 0 Å². The molecule has 1 rings (SSSR count). The predicted octanol–water partition coefficient (Wildman–Crippen LogP) is 3.47. The molecule has 3 N–H and O–H groups in total. The van der Waals surface area contributed by atoms with E-state index in [9.17, 15) is 0 Å². The summed E-state index contributed by atoms with van der Waals surface area (Å²) >= 11 is 0. The van der Waals surface area contributed by atoms with Crippen LogP contribution in [0.1, 0.15) is 45.6 Å². The van der Waals surface area contributed by atoms with Crippen LogP contribution in [0.25, 0.3) is 0 Å². The van der Waals surface area contributed by atoms with Crippen LogP contribution < -0.4 is 10.5 Å². The number of rotatable bonds is 6. The molecule has 0 unspecified atom stereocenters. The number of nitrogens with one attached hydrogen (secondary N) is 1. The molecule has 0 radical (unpaired) electrons. The average molecular weight is 248 g/mol. The Kier molecular flexibility index (Phi) is 5.20. The van der Waals surface area contributed by atoms with Crippen molar-refractivity contribution in [2.45, 2.75) is 45.4 Å². The van der Waals surface area contributed by atoms with Gasteiger partial charge in [-0.3, -0.25) is 5.41 Å². The summed E-state index contributed by atoms with van der Waals surface area (Å²) in [6.07, 6.45) is 2.50. The average Bonchev–Trinajstić information content (AvgIpc) is 2.27. The van der Waals surface area contributed by atoms with Gasteiger partial charge in [-0.05, 0) is 29.9 Å². The third kappa shape index (κ3) is 4.78. The first-order valence-electron chi connectivity index (χ1n) is 6.46. The lowest BCUT2D eigenvalue weighted by atomic mass is 9.86. The van der Waals surface area contributed by atoms with E-state index in [1.807, 2.05) is 18.2 Å². The number of hydrogen-bond acceptors (Lipinski definition) is 2. The third-order valence-electron chi connectivity index (χ3n) is 2.79. The topological polar surface area (TPSA) is 59.1 Å². The molecule has 0 aromatic heterocycles. The molecule has 0 heterocycles. The fraction of sp³-hybridized carbons (Fsp3) is 0.533. The van der Waals surface area contributed by atoms with Gasteiger partial charge in [0, 0.05) is 6.42 Å². The van der Waals surface area contributed by atoms with Gasteiger partial charge < -0.3 is 10.5 Å². The van der Waals surface area contributed by atoms with Gasteiger partial charge in [0.25, 0.3) is 0 Å². The van der Waals surface area contributed by atoms with Crippen molar-refractivity contribution in [3.63, 3.8) is 0 Å². The standard InChI is InChI=1S/C15H24N2O/c1-15(2,3)12-8-4-5-9-13(12)18-11-7-6-10-14(16)17/h4-5,8-9H,6-7,10-11H2,1-3H3,(H3,16,17). The van der Waals surface area contributed by atoms with Crippen molar-refractivity contribution in [1.82, 2.24) is 0 Å². The van der Waals surface area contributed by atoms with Gasteiger partial charge in [0.05, 0.1) is 12.4 Å². The first-order valence-corrected chi connectivity index (χ1v) is 6.46. The van der Waals surface area contributed by atoms with E-state index in [-0.39, 0.29) is 11.3 Å². The summed E-state index contributed by atoms with van der Waals surface area (Å²) in [5.41, 5.74) is 6.64. The van der Waals surface area contributed by atoms with Crippen LogP contribution in [0, 0.1) is 5.41 Å². The Hall–Kier alpha value is -1.51. The highest BCUT2D eigenvalue weighted by atomic mass is 16.5. The quantitative estimate of drug-likeness (QED) is 0.460. The molecule has 0 aliphatic rings. The van der Waals surface area contributed by atoms with E-state index in [1.165, 1.54) is 5.56 Å². The maximum atomic E-state index is 7.15. The van der Waals surface area contributed by atoms with Crippen LogP contribution in [0.5, 0.6) is 5.75 Å². The van der Waals surface area contributed by atoms with Gasteiger partial charge in [-0.25, -0.2) is 0 Å². The Labute approximate surface area is 110 Å². The zero-order valence-electron chi connectivity index (χ0n) is 11.6. The Bertz CT molecular complexity index is 394. The number of unbranched alkanes of at least 4 members (excludes halogenated alkanes) is 1. The maximum Gasteiger partial charge on any atom is 0.123 e. The second-order valence-corrected chi connectivity index (χ2v) is 5.58. The number of amidine groups is 1. The Balaban J connectivity index is 2.50. The zero-order valence-corrected chi connectivity index (χ0v) is 11.6. The smallest absolute Gasteiger partial charge is 0.123 e. The van der Waals surface area contributed by atoms with Crippen molar-refractivity contribution in [1.29, 1.82) is 5.41 Å². The highest BCUT2D eigenvalue weighted by molar-refractivity contribution is 5.76. The number of hydrogen-bond donors (Lipinski definition) is 2. The van der Waals surface area contributed by atoms with E-state index in [1.54, 1.807) is 0 Å². The highest BCUT2D eigenvalue weighted by Crippen LogP contribution is 2.30. The molecule has 3 heteroatoms. The molecule has 1 aromatic carbocycles. The number of ether oxygens (including phenoxy) is 1. The van der Waals surface area contributed by atoms with Crippen molar-refractivity contribution in [2.24, 2.45) is 5.73 Å². The van der Waals surface area contributed by atoms with Crippen LogP contribution in [0.2, 0.25) is 0 Å². The number of benzene rings is 1. The fourth-order valence-corrected chi connectivity index (χ4v) is 1.81. The molecule has 0 aliphatic heterocycles. The van der Waals surface area contributed by atoms with Gasteiger partial charge in [0.2, 0.25) is 0 Å². The molecule has 3 nitrogen and oxygen atoms in total. The highest BCUT2D eigenvalue weighted by Gasteiger charge is 2.17. The van der Waals surface area contributed by atoms with Crippen molar-refractivity contribution < 1.29 is 4.74 Å². The van der Waals surface area contributed by atoms with Crippen molar-refractivity contribution in [3.05, 3.63) is 29.8 Å². The molecular weight excluding hydrogens is 224 g/mol. The van der Waals surface area contributed by atoms with E-state index in [0.717, 1.165) is 18.6 Å². The van der Waals surface area contributed by atoms with E-state index in [0.29, 0.717) is 13.0 Å². The summed E-state index contributed by atoms with van der Waals surface area (Å²) in [6, 6.07) is 8.18. The molecule has 0 atom stereocenters. The fourth-order valence-electron chi connectivity index (χ4n) is 1.81. The summed E-state index contributed by atoms with van der Waals surface area (Å²) in [4.78, 5) is 0. The van der Waals surface area contributed by atoms with Gasteiger partial charge in [0.1, 0.15) is 5.75 Å². The molecular formula is C15H24N2O. The van der Waals surface area contributed by atoms with E-state index in [4.69, 9.17) is 15.9 Å². The van der Waals surface area contributed by atoms with Crippen molar-refractivity contribution in [3.8, 4) is 5.75 Å². The predicted molar refractivity (Wildman–Crippen MR) is 76.4 cm³/mol. The van der Waals surface area contributed by atoms with Crippen LogP contribution >= 0.6 is 0 Å². The molecule has 0 fully saturated rings. The van der Waals surface area contributed by atoms with Gasteiger partial charge in [-0.1, -0.05) is 39.0 Å². The van der Waals surface area contributed by atoms with Gasteiger partial charge in [-0.15, -0.1) is 0 Å². The minimum Gasteiger partial charge on any atom is -0.493 e. The summed E-state index contributed by atoms with van der Waals surface area (Å²) in [6.45, 7) is 7.24. The normalized spacial score (nSPS) is 11.3. The van der Waals surface area contributed by atoms with Crippen LogP contribution in [0.4, 0.5) is 0 Å². The summed E-state index contributed by atoms with van der Waals surface area (Å²) in [5.74, 6) is 1.22. The number of para-hydroxylation sites is 1. The number of nitrogens with two attached hydrogens (primary N) is 1. The second kappa shape index (κ2) is 6.43. The van der Waals surface area contributed by atoms with Crippen molar-refractivity contribution >= 4 is 5.84 Å². The van der Waals surface area contributed by atoms with Crippen LogP contribution in [-0.4, -0.2) is 12.4 Å². The first kappa shape index (κ1) is 14.6. The second-order valence-electron chi connectivity index (χ2n) is 5.58. The monoisotopic (exact) mass is 248 g/mol. The van der Waals surface area contributed by atoms with Crippen molar-refractivity contribution in [2.75, 3.05) is 6.61 Å². The molecule has 0 bridgehead atoms. The van der Waals surface area contributed by atoms with Crippen LogP contribution in [0.3, 0.4) is 0 Å². The van der Waals surface area contributed by atoms with Crippen LogP contribution in [-0.2, 0) is 5.41 Å². The molecule has 0 saturated heterocycles. The lowest BCUT2D eigenvalue weighted by Gasteiger charge is -2.22. The molecule has 0 amide bonds. The Morgan fingerprint density at radius 3 is 2.50 bits per heavy atom. The Morgan fingerprint density at radius 1 is 1.22 bits per heavy atom. The minimum absolute atomic E-state index is 0.0932. The largest absolute Gasteiger partial charge is 0.493 e. The van der Waals surface area contributed by atoms with Crippen LogP contribution in [0.15, 0.2) is 24.3 Å². The van der Waals surface area contributed by atoms with Gasteiger partial charge >= 0.3 is 0 Å². The molecule has 18 heavy (non-hydrogen) atoms. The summed E-state index contributed by atoms with van der Waals surface area (Å²) < 4.78 is 5.83.